The van der Waals surface area contributed by atoms with Gasteiger partial charge < -0.3 is 14.8 Å². The van der Waals surface area contributed by atoms with Gasteiger partial charge in [0.05, 0.1) is 35.3 Å². The van der Waals surface area contributed by atoms with Gasteiger partial charge in [0.2, 0.25) is 5.91 Å². The molecule has 0 saturated heterocycles. The summed E-state index contributed by atoms with van der Waals surface area (Å²) in [5.74, 6) is -0.328. The van der Waals surface area contributed by atoms with E-state index in [-0.39, 0.29) is 32.6 Å². The zero-order valence-electron chi connectivity index (χ0n) is 23.5. The number of carbonyl (C=O) groups excluding carboxylic acids is 1. The molecule has 0 radical (unpaired) electrons. The number of hydrogen-bond donors (Lipinski definition) is 2. The Kier molecular flexibility index (Phi) is 9.85. The molecule has 4 aromatic rings. The van der Waals surface area contributed by atoms with Crippen molar-refractivity contribution < 1.29 is 44.3 Å². The molecule has 0 spiro atoms. The molecule has 4 aromatic carbocycles. The van der Waals surface area contributed by atoms with Crippen molar-refractivity contribution in [3.63, 3.8) is 0 Å². The first-order valence-corrected chi connectivity index (χ1v) is 16.0. The van der Waals surface area contributed by atoms with E-state index in [2.05, 4.69) is 10.0 Å². The third-order valence-corrected chi connectivity index (χ3v) is 9.65. The van der Waals surface area contributed by atoms with Gasteiger partial charge in [-0.2, -0.15) is 13.2 Å². The summed E-state index contributed by atoms with van der Waals surface area (Å²) in [7, 11) is -5.89. The fourth-order valence-corrected chi connectivity index (χ4v) is 6.66. The Hall–Kier alpha value is -4.47. The predicted octanol–water partition coefficient (Wildman–Crippen LogP) is 6.01. The molecule has 0 unspecified atom stereocenters. The van der Waals surface area contributed by atoms with Crippen molar-refractivity contribution in [3.8, 4) is 11.5 Å². The van der Waals surface area contributed by atoms with Crippen LogP contribution < -0.4 is 23.8 Å². The summed E-state index contributed by atoms with van der Waals surface area (Å²) in [5, 5.41) is 2.85. The Morgan fingerprint density at radius 2 is 1.42 bits per heavy atom. The number of methoxy groups -OCH3 is 2. The monoisotopic (exact) mass is 683 g/mol. The van der Waals surface area contributed by atoms with Gasteiger partial charge in [-0.15, -0.1) is 0 Å². The van der Waals surface area contributed by atoms with Gasteiger partial charge in [-0.25, -0.2) is 16.8 Å². The average molecular weight is 684 g/mol. The number of sulfonamides is 2. The Balaban J connectivity index is 1.54. The molecule has 0 saturated carbocycles. The number of alkyl halides is 3. The second-order valence-corrected chi connectivity index (χ2v) is 13.2. The van der Waals surface area contributed by atoms with Crippen LogP contribution in [0.2, 0.25) is 5.02 Å². The number of nitrogens with one attached hydrogen (secondary N) is 2. The number of benzene rings is 4. The molecule has 0 atom stereocenters. The quantitative estimate of drug-likeness (QED) is 0.198. The molecule has 0 fully saturated rings. The lowest BCUT2D eigenvalue weighted by molar-refractivity contribution is -0.137. The molecule has 2 N–H and O–H groups in total. The predicted molar refractivity (Wildman–Crippen MR) is 163 cm³/mol. The maximum atomic E-state index is 13.7. The highest BCUT2D eigenvalue weighted by Gasteiger charge is 2.31. The van der Waals surface area contributed by atoms with Gasteiger partial charge in [-0.05, 0) is 78.9 Å². The maximum absolute atomic E-state index is 13.7. The maximum Gasteiger partial charge on any atom is 0.416 e. The summed E-state index contributed by atoms with van der Waals surface area (Å²) in [4.78, 5) is 12.6. The van der Waals surface area contributed by atoms with Gasteiger partial charge in [-0.3, -0.25) is 13.8 Å². The molecular formula is C29H25ClF3N3O7S2. The Morgan fingerprint density at radius 3 is 2.02 bits per heavy atom. The number of ether oxygens (including phenoxy) is 2. The van der Waals surface area contributed by atoms with Gasteiger partial charge in [0.15, 0.2) is 11.5 Å². The molecule has 1 amide bonds. The van der Waals surface area contributed by atoms with Crippen molar-refractivity contribution in [2.24, 2.45) is 0 Å². The number of hydrogen-bond acceptors (Lipinski definition) is 7. The van der Waals surface area contributed by atoms with Crippen LogP contribution in [-0.4, -0.2) is 43.5 Å². The molecule has 0 bridgehead atoms. The summed E-state index contributed by atoms with van der Waals surface area (Å²) in [6, 6.07) is 18.2. The Morgan fingerprint density at radius 1 is 0.800 bits per heavy atom. The second kappa shape index (κ2) is 13.3. The first kappa shape index (κ1) is 33.4. The molecule has 0 aliphatic carbocycles. The molecule has 238 valence electrons. The zero-order valence-corrected chi connectivity index (χ0v) is 25.9. The summed E-state index contributed by atoms with van der Waals surface area (Å²) in [6.45, 7) is -0.685. The minimum Gasteiger partial charge on any atom is -0.493 e. The van der Waals surface area contributed by atoms with E-state index in [1.807, 2.05) is 0 Å². The van der Waals surface area contributed by atoms with Crippen LogP contribution in [0.5, 0.6) is 11.5 Å². The van der Waals surface area contributed by atoms with Crippen molar-refractivity contribution in [3.05, 3.63) is 102 Å². The van der Waals surface area contributed by atoms with E-state index in [0.29, 0.717) is 16.8 Å². The van der Waals surface area contributed by atoms with Gasteiger partial charge in [-0.1, -0.05) is 17.7 Å². The van der Waals surface area contributed by atoms with E-state index in [0.717, 1.165) is 28.6 Å². The van der Waals surface area contributed by atoms with E-state index in [4.69, 9.17) is 21.1 Å². The average Bonchev–Trinajstić information content (AvgIpc) is 2.99. The first-order chi connectivity index (χ1) is 21.1. The van der Waals surface area contributed by atoms with Crippen LogP contribution in [0, 0.1) is 0 Å². The third kappa shape index (κ3) is 7.98. The highest BCUT2D eigenvalue weighted by molar-refractivity contribution is 7.93. The second-order valence-electron chi connectivity index (χ2n) is 9.26. The summed E-state index contributed by atoms with van der Waals surface area (Å²) < 4.78 is 105. The van der Waals surface area contributed by atoms with Crippen LogP contribution >= 0.6 is 11.6 Å². The third-order valence-electron chi connectivity index (χ3n) is 6.24. The minimum atomic E-state index is -4.66. The van der Waals surface area contributed by atoms with Crippen molar-refractivity contribution in [1.29, 1.82) is 0 Å². The lowest BCUT2D eigenvalue weighted by Crippen LogP contribution is -2.38. The van der Waals surface area contributed by atoms with Crippen molar-refractivity contribution in [2.75, 3.05) is 35.1 Å². The Bertz CT molecular complexity index is 1910. The fraction of sp³-hybridized carbons (Fsp3) is 0.138. The van der Waals surface area contributed by atoms with Crippen LogP contribution in [0.1, 0.15) is 5.56 Å². The van der Waals surface area contributed by atoms with Crippen LogP contribution in [0.15, 0.2) is 101 Å². The topological polar surface area (TPSA) is 131 Å². The molecule has 0 aliphatic rings. The molecule has 4 rings (SSSR count). The normalized spacial score (nSPS) is 11.9. The molecular weight excluding hydrogens is 659 g/mol. The summed E-state index contributed by atoms with van der Waals surface area (Å²) >= 11 is 5.98. The molecule has 10 nitrogen and oxygen atoms in total. The van der Waals surface area contributed by atoms with E-state index in [9.17, 15) is 34.8 Å². The van der Waals surface area contributed by atoms with Crippen LogP contribution in [-0.2, 0) is 31.0 Å². The molecule has 16 heteroatoms. The number of rotatable bonds is 11. The SMILES string of the molecule is COc1ccc(S(=O)(=O)N(CC(=O)Nc2ccc(S(=O)(=O)Nc3cccc(C(F)(F)F)c3)cc2)c2ccc(Cl)cc2)cc1OC. The molecule has 0 heterocycles. The highest BCUT2D eigenvalue weighted by Crippen LogP contribution is 2.33. The van der Waals surface area contributed by atoms with Crippen LogP contribution in [0.25, 0.3) is 0 Å². The van der Waals surface area contributed by atoms with Crippen molar-refractivity contribution in [1.82, 2.24) is 0 Å². The smallest absolute Gasteiger partial charge is 0.416 e. The summed E-state index contributed by atoms with van der Waals surface area (Å²) in [6.07, 6.45) is -4.66. The van der Waals surface area contributed by atoms with E-state index < -0.39 is 44.2 Å². The number of halogens is 4. The number of amides is 1. The molecule has 45 heavy (non-hydrogen) atoms. The number of nitrogens with zero attached hydrogens (tertiary/aromatic N) is 1. The van der Waals surface area contributed by atoms with Crippen molar-refractivity contribution in [2.45, 2.75) is 16.0 Å². The lowest BCUT2D eigenvalue weighted by atomic mass is 10.2. The van der Waals surface area contributed by atoms with Crippen LogP contribution in [0.4, 0.5) is 30.2 Å². The van der Waals surface area contributed by atoms with Crippen molar-refractivity contribution >= 4 is 54.6 Å². The van der Waals surface area contributed by atoms with E-state index in [1.165, 1.54) is 74.9 Å². The van der Waals surface area contributed by atoms with Gasteiger partial charge in [0, 0.05) is 22.5 Å². The van der Waals surface area contributed by atoms with E-state index in [1.54, 1.807) is 0 Å². The van der Waals surface area contributed by atoms with E-state index >= 15 is 0 Å². The highest BCUT2D eigenvalue weighted by atomic mass is 35.5. The lowest BCUT2D eigenvalue weighted by Gasteiger charge is -2.24. The molecule has 0 aliphatic heterocycles. The number of carbonyl (C=O) groups is 1. The van der Waals surface area contributed by atoms with Gasteiger partial charge >= 0.3 is 6.18 Å². The van der Waals surface area contributed by atoms with Gasteiger partial charge in [0.1, 0.15) is 6.54 Å². The van der Waals surface area contributed by atoms with Gasteiger partial charge in [0.25, 0.3) is 20.0 Å². The number of anilines is 3. The fourth-order valence-electron chi connectivity index (χ4n) is 4.05. The minimum absolute atomic E-state index is 0.123. The largest absolute Gasteiger partial charge is 0.493 e. The standard InChI is InChI=1S/C29H25ClF3N3O7S2/c1-42-26-15-14-25(17-27(26)43-2)45(40,41)36(23-10-6-20(30)7-11-23)18-28(37)34-21-8-12-24(13-9-21)44(38,39)35-22-5-3-4-19(16-22)29(31,32)33/h3-17,35H,18H2,1-2H3,(H,34,37). The summed E-state index contributed by atoms with van der Waals surface area (Å²) in [5.41, 5.74) is -1.06. The van der Waals surface area contributed by atoms with Crippen LogP contribution in [0.3, 0.4) is 0 Å². The zero-order chi connectivity index (χ0) is 33.0. The first-order valence-electron chi connectivity index (χ1n) is 12.7. The Labute approximate surface area is 262 Å². The molecule has 0 aromatic heterocycles.